The number of hydrogen-bond acceptors (Lipinski definition) is 5. The van der Waals surface area contributed by atoms with Gasteiger partial charge in [-0.05, 0) is 24.6 Å². The van der Waals surface area contributed by atoms with Gasteiger partial charge in [-0.1, -0.05) is 43.3 Å². The van der Waals surface area contributed by atoms with E-state index in [-0.39, 0.29) is 18.3 Å². The number of carbonyl (C=O) groups is 1. The van der Waals surface area contributed by atoms with Crippen LogP contribution >= 0.6 is 0 Å². The molecule has 0 saturated heterocycles. The van der Waals surface area contributed by atoms with Gasteiger partial charge in [0.2, 0.25) is 5.88 Å². The first kappa shape index (κ1) is 19.8. The Labute approximate surface area is 175 Å². The second kappa shape index (κ2) is 8.45. The lowest BCUT2D eigenvalue weighted by atomic mass is 10.0. The lowest BCUT2D eigenvalue weighted by Gasteiger charge is -2.11. The van der Waals surface area contributed by atoms with E-state index in [1.54, 1.807) is 10.9 Å². The van der Waals surface area contributed by atoms with Crippen molar-refractivity contribution in [3.63, 3.8) is 0 Å². The molecule has 6 nitrogen and oxygen atoms in total. The zero-order valence-electron chi connectivity index (χ0n) is 17.4. The van der Waals surface area contributed by atoms with Crippen molar-refractivity contribution in [1.29, 1.82) is 0 Å². The van der Waals surface area contributed by atoms with E-state index in [1.165, 1.54) is 0 Å². The average Bonchev–Trinajstić information content (AvgIpc) is 3.10. The zero-order chi connectivity index (χ0) is 21.1. The monoisotopic (exact) mass is 400 g/mol. The number of benzene rings is 1. The highest BCUT2D eigenvalue weighted by Gasteiger charge is 2.17. The van der Waals surface area contributed by atoms with Crippen LogP contribution in [0.5, 0.6) is 5.88 Å². The Morgan fingerprint density at radius 3 is 2.63 bits per heavy atom. The second-order valence-corrected chi connectivity index (χ2v) is 7.50. The summed E-state index contributed by atoms with van der Waals surface area (Å²) < 4.78 is 7.49. The summed E-state index contributed by atoms with van der Waals surface area (Å²) in [7, 11) is 1.87. The fraction of sp³-hybridized carbons (Fsp3) is 0.250. The highest BCUT2D eigenvalue weighted by atomic mass is 16.5. The van der Waals surface area contributed by atoms with Crippen LogP contribution in [0.3, 0.4) is 0 Å². The van der Waals surface area contributed by atoms with Crippen LogP contribution < -0.4 is 4.74 Å². The van der Waals surface area contributed by atoms with E-state index in [0.717, 1.165) is 33.5 Å². The number of nitrogens with zero attached hydrogens (tertiary/aromatic N) is 4. The second-order valence-electron chi connectivity index (χ2n) is 7.50. The first-order valence-corrected chi connectivity index (χ1v) is 9.98. The topological polar surface area (TPSA) is 69.9 Å². The Morgan fingerprint density at radius 2 is 1.90 bits per heavy atom. The number of fused-ring (bicyclic) bond motifs is 1. The van der Waals surface area contributed by atoms with Gasteiger partial charge in [0.05, 0.1) is 5.39 Å². The van der Waals surface area contributed by atoms with Gasteiger partial charge in [0.1, 0.15) is 12.3 Å². The normalized spacial score (nSPS) is 12.1. The molecule has 6 heteroatoms. The number of pyridine rings is 2. The molecule has 1 unspecified atom stereocenters. The molecule has 152 valence electrons. The third-order valence-corrected chi connectivity index (χ3v) is 5.12. The van der Waals surface area contributed by atoms with E-state index >= 15 is 0 Å². The van der Waals surface area contributed by atoms with Crippen LogP contribution in [-0.4, -0.2) is 32.1 Å². The van der Waals surface area contributed by atoms with E-state index in [4.69, 9.17) is 4.74 Å². The molecule has 0 radical (unpaired) electrons. The van der Waals surface area contributed by atoms with Gasteiger partial charge >= 0.3 is 0 Å². The number of hydrogen-bond donors (Lipinski definition) is 0. The summed E-state index contributed by atoms with van der Waals surface area (Å²) >= 11 is 0. The van der Waals surface area contributed by atoms with Crippen LogP contribution in [0.2, 0.25) is 0 Å². The number of ether oxygens (including phenoxy) is 1. The van der Waals surface area contributed by atoms with Gasteiger partial charge in [0.25, 0.3) is 0 Å². The molecule has 0 amide bonds. The standard InChI is InChI=1S/C24H24N4O2/c1-16(20-11-7-8-12-25-20)13-19(29)15-30-21-14-17(2)22-23(18-9-5-4-6-10-18)27-28(3)24(22)26-21/h4-12,14,16H,13,15H2,1-3H3. The Balaban J connectivity index is 1.50. The van der Waals surface area contributed by atoms with Crippen LogP contribution in [0.15, 0.2) is 60.8 Å². The van der Waals surface area contributed by atoms with Crippen molar-refractivity contribution in [1.82, 2.24) is 19.7 Å². The first-order chi connectivity index (χ1) is 14.5. The Bertz CT molecular complexity index is 1170. The molecule has 30 heavy (non-hydrogen) atoms. The van der Waals surface area contributed by atoms with E-state index < -0.39 is 0 Å². The van der Waals surface area contributed by atoms with E-state index in [1.807, 2.05) is 75.5 Å². The summed E-state index contributed by atoms with van der Waals surface area (Å²) in [6, 6.07) is 17.6. The van der Waals surface area contributed by atoms with Crippen LogP contribution in [0.1, 0.15) is 30.5 Å². The Hall–Kier alpha value is -3.54. The fourth-order valence-electron chi connectivity index (χ4n) is 3.60. The molecule has 0 N–H and O–H groups in total. The van der Waals surface area contributed by atoms with Gasteiger partial charge in [-0.15, -0.1) is 0 Å². The zero-order valence-corrected chi connectivity index (χ0v) is 17.4. The minimum atomic E-state index is -0.0154. The maximum atomic E-state index is 12.4. The predicted molar refractivity (Wildman–Crippen MR) is 116 cm³/mol. The fourth-order valence-corrected chi connectivity index (χ4v) is 3.60. The Morgan fingerprint density at radius 1 is 1.13 bits per heavy atom. The van der Waals surface area contributed by atoms with Crippen molar-refractivity contribution in [2.24, 2.45) is 7.05 Å². The number of ketones is 1. The summed E-state index contributed by atoms with van der Waals surface area (Å²) in [4.78, 5) is 21.3. The van der Waals surface area contributed by atoms with E-state index in [2.05, 4.69) is 15.1 Å². The molecule has 0 spiro atoms. The number of rotatable bonds is 7. The van der Waals surface area contributed by atoms with E-state index in [0.29, 0.717) is 12.3 Å². The van der Waals surface area contributed by atoms with Crippen molar-refractivity contribution >= 4 is 16.8 Å². The molecule has 0 aliphatic heterocycles. The molecule has 4 aromatic rings. The molecular formula is C24H24N4O2. The molecule has 0 aliphatic rings. The van der Waals surface area contributed by atoms with Crippen molar-refractivity contribution < 1.29 is 9.53 Å². The quantitative estimate of drug-likeness (QED) is 0.457. The van der Waals surface area contributed by atoms with Crippen LogP contribution in [0.4, 0.5) is 0 Å². The highest BCUT2D eigenvalue weighted by Crippen LogP contribution is 2.31. The summed E-state index contributed by atoms with van der Waals surface area (Å²) in [5, 5.41) is 5.65. The molecule has 0 bridgehead atoms. The number of aryl methyl sites for hydroxylation is 2. The van der Waals surface area contributed by atoms with Crippen LogP contribution in [-0.2, 0) is 11.8 Å². The molecule has 0 aliphatic carbocycles. The van der Waals surface area contributed by atoms with Crippen molar-refractivity contribution in [2.75, 3.05) is 6.61 Å². The average molecular weight is 400 g/mol. The summed E-state index contributed by atoms with van der Waals surface area (Å²) in [5.74, 6) is 0.495. The molecular weight excluding hydrogens is 376 g/mol. The van der Waals surface area contributed by atoms with Gasteiger partial charge < -0.3 is 4.74 Å². The predicted octanol–water partition coefficient (Wildman–Crippen LogP) is 4.48. The minimum Gasteiger partial charge on any atom is -0.470 e. The SMILES string of the molecule is Cc1cc(OCC(=O)CC(C)c2ccccn2)nc2c1c(-c1ccccc1)nn2C. The minimum absolute atomic E-state index is 0.0154. The highest BCUT2D eigenvalue weighted by molar-refractivity contribution is 5.94. The van der Waals surface area contributed by atoms with Gasteiger partial charge in [0, 0.05) is 42.9 Å². The van der Waals surface area contributed by atoms with Crippen LogP contribution in [0, 0.1) is 6.92 Å². The van der Waals surface area contributed by atoms with Gasteiger partial charge in [0.15, 0.2) is 11.4 Å². The number of Topliss-reactive ketones (excluding diaryl/α,β-unsaturated/α-hetero) is 1. The molecule has 1 atom stereocenters. The number of aromatic nitrogens is 4. The lowest BCUT2D eigenvalue weighted by molar-refractivity contribution is -0.121. The lowest BCUT2D eigenvalue weighted by Crippen LogP contribution is -2.15. The summed E-state index contributed by atoms with van der Waals surface area (Å²) in [6.45, 7) is 3.99. The van der Waals surface area contributed by atoms with Crippen molar-refractivity contribution in [2.45, 2.75) is 26.2 Å². The maximum absolute atomic E-state index is 12.4. The Kier molecular flexibility index (Phi) is 5.57. The molecule has 4 rings (SSSR count). The molecule has 1 aromatic carbocycles. The third-order valence-electron chi connectivity index (χ3n) is 5.12. The molecule has 0 saturated carbocycles. The van der Waals surface area contributed by atoms with Crippen LogP contribution in [0.25, 0.3) is 22.3 Å². The van der Waals surface area contributed by atoms with Crippen molar-refractivity contribution in [3.8, 4) is 17.1 Å². The maximum Gasteiger partial charge on any atom is 0.215 e. The molecule has 3 aromatic heterocycles. The van der Waals surface area contributed by atoms with Gasteiger partial charge in [-0.2, -0.15) is 10.1 Å². The first-order valence-electron chi connectivity index (χ1n) is 9.98. The van der Waals surface area contributed by atoms with Crippen molar-refractivity contribution in [3.05, 3.63) is 72.1 Å². The summed E-state index contributed by atoms with van der Waals surface area (Å²) in [5.41, 5.74) is 4.59. The smallest absolute Gasteiger partial charge is 0.215 e. The number of carbonyl (C=O) groups excluding carboxylic acids is 1. The van der Waals surface area contributed by atoms with Gasteiger partial charge in [-0.3, -0.25) is 9.78 Å². The summed E-state index contributed by atoms with van der Waals surface area (Å²) in [6.07, 6.45) is 2.12. The van der Waals surface area contributed by atoms with E-state index in [9.17, 15) is 4.79 Å². The molecule has 3 heterocycles. The largest absolute Gasteiger partial charge is 0.470 e. The third kappa shape index (κ3) is 4.08. The van der Waals surface area contributed by atoms with Gasteiger partial charge in [-0.25, -0.2) is 4.68 Å². The molecule has 0 fully saturated rings.